The van der Waals surface area contributed by atoms with Crippen molar-refractivity contribution < 1.29 is 4.79 Å². The summed E-state index contributed by atoms with van der Waals surface area (Å²) in [6.45, 7) is 4.63. The van der Waals surface area contributed by atoms with E-state index in [4.69, 9.17) is 0 Å². The molecule has 2 fully saturated rings. The fourth-order valence-electron chi connectivity index (χ4n) is 5.42. The Kier molecular flexibility index (Phi) is 7.44. The maximum absolute atomic E-state index is 12.4. The Hall–Kier alpha value is -0.330. The molecule has 1 nitrogen and oxygen atoms in total. The Morgan fingerprint density at radius 2 is 1.32 bits per heavy atom. The van der Waals surface area contributed by atoms with Gasteiger partial charge in [0.25, 0.3) is 0 Å². The van der Waals surface area contributed by atoms with Gasteiger partial charge in [-0.25, -0.2) is 0 Å². The first kappa shape index (κ1) is 18.0. The molecular formula is C21H38O. The van der Waals surface area contributed by atoms with Crippen LogP contribution in [0.3, 0.4) is 0 Å². The van der Waals surface area contributed by atoms with Crippen LogP contribution in [0.4, 0.5) is 0 Å². The standard InChI is InChI=1S/C21H38O/c1-3-18(4-2)15-16-21(17-22,19-11-7-5-8-12-19)20-13-9-6-10-14-20/h17-20H,3-16H2,1-2H3. The third-order valence-electron chi connectivity index (χ3n) is 7.09. The highest BCUT2D eigenvalue weighted by Crippen LogP contribution is 2.51. The maximum atomic E-state index is 12.4. The molecule has 0 bridgehead atoms. The fourth-order valence-corrected chi connectivity index (χ4v) is 5.42. The molecule has 0 amide bonds. The Morgan fingerprint density at radius 3 is 1.68 bits per heavy atom. The second-order valence-corrected chi connectivity index (χ2v) is 8.12. The molecule has 2 saturated carbocycles. The summed E-state index contributed by atoms with van der Waals surface area (Å²) in [6, 6.07) is 0. The zero-order chi connectivity index (χ0) is 15.8. The molecule has 0 aromatic heterocycles. The van der Waals surface area contributed by atoms with Crippen LogP contribution in [0.15, 0.2) is 0 Å². The van der Waals surface area contributed by atoms with Gasteiger partial charge in [0, 0.05) is 5.41 Å². The fraction of sp³-hybridized carbons (Fsp3) is 0.952. The van der Waals surface area contributed by atoms with Crippen molar-refractivity contribution in [1.82, 2.24) is 0 Å². The summed E-state index contributed by atoms with van der Waals surface area (Å²) >= 11 is 0. The molecule has 128 valence electrons. The number of hydrogen-bond donors (Lipinski definition) is 0. The van der Waals surface area contributed by atoms with Crippen LogP contribution in [0.2, 0.25) is 0 Å². The van der Waals surface area contributed by atoms with E-state index in [0.29, 0.717) is 11.8 Å². The molecule has 0 N–H and O–H groups in total. The number of hydrogen-bond acceptors (Lipinski definition) is 1. The van der Waals surface area contributed by atoms with E-state index in [2.05, 4.69) is 13.8 Å². The van der Waals surface area contributed by atoms with Gasteiger partial charge in [0.15, 0.2) is 0 Å². The minimum absolute atomic E-state index is 0.0312. The van der Waals surface area contributed by atoms with Crippen molar-refractivity contribution in [2.75, 3.05) is 0 Å². The van der Waals surface area contributed by atoms with Gasteiger partial charge in [-0.15, -0.1) is 0 Å². The molecule has 0 radical (unpaired) electrons. The van der Waals surface area contributed by atoms with Gasteiger partial charge in [-0.1, -0.05) is 65.2 Å². The molecule has 22 heavy (non-hydrogen) atoms. The van der Waals surface area contributed by atoms with Gasteiger partial charge in [0.2, 0.25) is 0 Å². The van der Waals surface area contributed by atoms with Crippen LogP contribution in [0.1, 0.15) is 104 Å². The molecule has 0 aliphatic heterocycles. The first-order valence-electron chi connectivity index (χ1n) is 10.2. The maximum Gasteiger partial charge on any atom is 0.126 e. The summed E-state index contributed by atoms with van der Waals surface area (Å²) < 4.78 is 0. The van der Waals surface area contributed by atoms with Gasteiger partial charge in [-0.2, -0.15) is 0 Å². The smallest absolute Gasteiger partial charge is 0.126 e. The molecule has 2 aliphatic rings. The van der Waals surface area contributed by atoms with Crippen molar-refractivity contribution in [2.45, 2.75) is 104 Å². The van der Waals surface area contributed by atoms with Crippen molar-refractivity contribution in [3.63, 3.8) is 0 Å². The van der Waals surface area contributed by atoms with E-state index >= 15 is 0 Å². The Balaban J connectivity index is 2.14. The average Bonchev–Trinajstić information content (AvgIpc) is 2.61. The van der Waals surface area contributed by atoms with Gasteiger partial charge in [0.05, 0.1) is 0 Å². The van der Waals surface area contributed by atoms with Crippen LogP contribution in [-0.4, -0.2) is 6.29 Å². The van der Waals surface area contributed by atoms with E-state index in [1.54, 1.807) is 0 Å². The van der Waals surface area contributed by atoms with E-state index in [0.717, 1.165) is 5.92 Å². The molecular weight excluding hydrogens is 268 g/mol. The molecule has 2 rings (SSSR count). The normalized spacial score (nSPS) is 22.1. The van der Waals surface area contributed by atoms with Crippen LogP contribution in [0.5, 0.6) is 0 Å². The van der Waals surface area contributed by atoms with Crippen molar-refractivity contribution in [1.29, 1.82) is 0 Å². The molecule has 1 heteroatoms. The lowest BCUT2D eigenvalue weighted by Crippen LogP contribution is -2.42. The number of carbonyl (C=O) groups is 1. The van der Waals surface area contributed by atoms with E-state index < -0.39 is 0 Å². The minimum Gasteiger partial charge on any atom is -0.303 e. The highest BCUT2D eigenvalue weighted by molar-refractivity contribution is 5.61. The number of carbonyl (C=O) groups excluding carboxylic acids is 1. The lowest BCUT2D eigenvalue weighted by molar-refractivity contribution is -0.126. The molecule has 0 aromatic rings. The SMILES string of the molecule is CCC(CC)CCC(C=O)(C1CCCCC1)C1CCCCC1. The Labute approximate surface area is 138 Å². The minimum atomic E-state index is 0.0312. The van der Waals surface area contributed by atoms with Crippen LogP contribution in [0.25, 0.3) is 0 Å². The molecule has 0 heterocycles. The second-order valence-electron chi connectivity index (χ2n) is 8.12. The van der Waals surface area contributed by atoms with Gasteiger partial charge in [-0.3, -0.25) is 0 Å². The Bertz CT molecular complexity index is 288. The first-order valence-corrected chi connectivity index (χ1v) is 10.2. The second kappa shape index (κ2) is 9.08. The first-order chi connectivity index (χ1) is 10.8. The summed E-state index contributed by atoms with van der Waals surface area (Å²) in [5.41, 5.74) is 0.0312. The zero-order valence-corrected chi connectivity index (χ0v) is 15.1. The summed E-state index contributed by atoms with van der Waals surface area (Å²) in [4.78, 5) is 12.4. The highest BCUT2D eigenvalue weighted by Gasteiger charge is 2.45. The lowest BCUT2D eigenvalue weighted by Gasteiger charge is -2.46. The van der Waals surface area contributed by atoms with Crippen molar-refractivity contribution in [2.24, 2.45) is 23.2 Å². The summed E-state index contributed by atoms with van der Waals surface area (Å²) in [7, 11) is 0. The van der Waals surface area contributed by atoms with Crippen molar-refractivity contribution in [3.05, 3.63) is 0 Å². The van der Waals surface area contributed by atoms with E-state index in [1.807, 2.05) is 0 Å². The van der Waals surface area contributed by atoms with E-state index in [1.165, 1.54) is 96.2 Å². The van der Waals surface area contributed by atoms with Gasteiger partial charge in [-0.05, 0) is 56.3 Å². The van der Waals surface area contributed by atoms with Crippen molar-refractivity contribution in [3.8, 4) is 0 Å². The van der Waals surface area contributed by atoms with Gasteiger partial charge in [0.1, 0.15) is 6.29 Å². The number of aldehydes is 1. The molecule has 0 spiro atoms. The highest BCUT2D eigenvalue weighted by atomic mass is 16.1. The monoisotopic (exact) mass is 306 g/mol. The van der Waals surface area contributed by atoms with Gasteiger partial charge >= 0.3 is 0 Å². The molecule has 0 atom stereocenters. The number of rotatable bonds is 8. The summed E-state index contributed by atoms with van der Waals surface area (Å²) in [5.74, 6) is 2.21. The largest absolute Gasteiger partial charge is 0.303 e. The topological polar surface area (TPSA) is 17.1 Å². The molecule has 0 saturated heterocycles. The van der Waals surface area contributed by atoms with E-state index in [9.17, 15) is 4.79 Å². The van der Waals surface area contributed by atoms with E-state index in [-0.39, 0.29) is 5.41 Å². The Morgan fingerprint density at radius 1 is 0.864 bits per heavy atom. The molecule has 0 unspecified atom stereocenters. The van der Waals surface area contributed by atoms with Crippen LogP contribution >= 0.6 is 0 Å². The third-order valence-corrected chi connectivity index (χ3v) is 7.09. The molecule has 2 aliphatic carbocycles. The molecule has 0 aromatic carbocycles. The summed E-state index contributed by atoms with van der Waals surface area (Å²) in [6.07, 6.45) is 20.0. The lowest BCUT2D eigenvalue weighted by atomic mass is 9.57. The van der Waals surface area contributed by atoms with Crippen molar-refractivity contribution >= 4 is 6.29 Å². The predicted molar refractivity (Wildman–Crippen MR) is 95.0 cm³/mol. The van der Waals surface area contributed by atoms with Gasteiger partial charge < -0.3 is 4.79 Å². The predicted octanol–water partition coefficient (Wildman–Crippen LogP) is 6.55. The van der Waals surface area contributed by atoms with Crippen LogP contribution < -0.4 is 0 Å². The average molecular weight is 307 g/mol. The zero-order valence-electron chi connectivity index (χ0n) is 15.1. The third kappa shape index (κ3) is 4.15. The quantitative estimate of drug-likeness (QED) is 0.465. The summed E-state index contributed by atoms with van der Waals surface area (Å²) in [5, 5.41) is 0. The van der Waals surface area contributed by atoms with Crippen LogP contribution in [-0.2, 0) is 4.79 Å². The van der Waals surface area contributed by atoms with Crippen LogP contribution in [0, 0.1) is 23.2 Å².